The van der Waals surface area contributed by atoms with Crippen LogP contribution in [0.15, 0.2) is 54.6 Å². The predicted octanol–water partition coefficient (Wildman–Crippen LogP) is 4.36. The Labute approximate surface area is 137 Å². The Balaban J connectivity index is 1.81. The molecule has 0 atom stereocenters. The average Bonchev–Trinajstić information content (AvgIpc) is 2.52. The van der Waals surface area contributed by atoms with Gasteiger partial charge in [-0.05, 0) is 29.8 Å². The van der Waals surface area contributed by atoms with Crippen LogP contribution in [-0.4, -0.2) is 23.8 Å². The quantitative estimate of drug-likeness (QED) is 0.721. The molecular formula is C19H22ClNO. The van der Waals surface area contributed by atoms with E-state index in [1.54, 1.807) is 0 Å². The molecule has 0 aromatic heterocycles. The summed E-state index contributed by atoms with van der Waals surface area (Å²) in [5.41, 5.74) is 2.27. The number of benzene rings is 2. The Morgan fingerprint density at radius 2 is 1.77 bits per heavy atom. The Hall–Kier alpha value is -1.64. The first-order valence-electron chi connectivity index (χ1n) is 7.70. The van der Waals surface area contributed by atoms with Crippen molar-refractivity contribution in [3.63, 3.8) is 0 Å². The van der Waals surface area contributed by atoms with Crippen molar-refractivity contribution in [1.82, 2.24) is 4.90 Å². The molecule has 0 unspecified atom stereocenters. The maximum absolute atomic E-state index is 12.1. The summed E-state index contributed by atoms with van der Waals surface area (Å²) in [7, 11) is 0. The van der Waals surface area contributed by atoms with Crippen LogP contribution < -0.4 is 0 Å². The highest BCUT2D eigenvalue weighted by Crippen LogP contribution is 2.12. The van der Waals surface area contributed by atoms with E-state index in [1.807, 2.05) is 42.5 Å². The fourth-order valence-corrected chi connectivity index (χ4v) is 2.65. The maximum Gasteiger partial charge on any atom is 0.138 e. The second kappa shape index (κ2) is 8.72. The van der Waals surface area contributed by atoms with Crippen LogP contribution in [-0.2, 0) is 17.8 Å². The van der Waals surface area contributed by atoms with Gasteiger partial charge >= 0.3 is 0 Å². The molecule has 2 aromatic carbocycles. The van der Waals surface area contributed by atoms with Gasteiger partial charge in [-0.25, -0.2) is 0 Å². The Morgan fingerprint density at radius 1 is 1.05 bits per heavy atom. The Bertz CT molecular complexity index is 597. The van der Waals surface area contributed by atoms with Gasteiger partial charge in [0, 0.05) is 31.0 Å². The molecule has 0 amide bonds. The lowest BCUT2D eigenvalue weighted by Gasteiger charge is -2.20. The summed E-state index contributed by atoms with van der Waals surface area (Å²) in [5.74, 6) is 0.258. The van der Waals surface area contributed by atoms with E-state index in [4.69, 9.17) is 11.6 Å². The van der Waals surface area contributed by atoms with Crippen molar-refractivity contribution in [2.24, 2.45) is 0 Å². The molecule has 0 saturated carbocycles. The molecule has 0 aliphatic rings. The molecule has 0 bridgehead atoms. The second-order valence-corrected chi connectivity index (χ2v) is 5.89. The lowest BCUT2D eigenvalue weighted by atomic mass is 10.1. The minimum absolute atomic E-state index is 0.258. The van der Waals surface area contributed by atoms with Crippen molar-refractivity contribution in [1.29, 1.82) is 0 Å². The molecule has 0 N–H and O–H groups in total. The van der Waals surface area contributed by atoms with Crippen LogP contribution in [0, 0.1) is 0 Å². The van der Waals surface area contributed by atoms with E-state index in [2.05, 4.69) is 24.0 Å². The summed E-state index contributed by atoms with van der Waals surface area (Å²) < 4.78 is 0. The molecule has 0 saturated heterocycles. The third kappa shape index (κ3) is 5.63. The molecule has 22 heavy (non-hydrogen) atoms. The number of carbonyl (C=O) groups excluding carboxylic acids is 1. The van der Waals surface area contributed by atoms with Gasteiger partial charge in [-0.2, -0.15) is 0 Å². The Morgan fingerprint density at radius 3 is 2.45 bits per heavy atom. The van der Waals surface area contributed by atoms with Gasteiger partial charge in [-0.15, -0.1) is 0 Å². The Kier molecular flexibility index (Phi) is 6.63. The number of hydrogen-bond acceptors (Lipinski definition) is 2. The van der Waals surface area contributed by atoms with E-state index in [0.717, 1.165) is 25.2 Å². The van der Waals surface area contributed by atoms with Gasteiger partial charge < -0.3 is 0 Å². The van der Waals surface area contributed by atoms with Crippen LogP contribution in [0.5, 0.6) is 0 Å². The monoisotopic (exact) mass is 315 g/mol. The maximum atomic E-state index is 12.1. The smallest absolute Gasteiger partial charge is 0.138 e. The molecule has 0 spiro atoms. The lowest BCUT2D eigenvalue weighted by molar-refractivity contribution is -0.118. The fraction of sp³-hybridized carbons (Fsp3) is 0.316. The van der Waals surface area contributed by atoms with E-state index in [0.29, 0.717) is 17.9 Å². The van der Waals surface area contributed by atoms with Crippen LogP contribution in [0.1, 0.15) is 24.5 Å². The number of hydrogen-bond donors (Lipinski definition) is 0. The SMILES string of the molecule is CCN(CCC(=O)Cc1cccc(Cl)c1)Cc1ccccc1. The summed E-state index contributed by atoms with van der Waals surface area (Å²) in [6, 6.07) is 17.9. The minimum Gasteiger partial charge on any atom is -0.299 e. The third-order valence-electron chi connectivity index (χ3n) is 3.69. The lowest BCUT2D eigenvalue weighted by Crippen LogP contribution is -2.26. The molecule has 0 fully saturated rings. The van der Waals surface area contributed by atoms with Gasteiger partial charge in [-0.1, -0.05) is 61.0 Å². The predicted molar refractivity (Wildman–Crippen MR) is 92.2 cm³/mol. The zero-order chi connectivity index (χ0) is 15.8. The molecule has 0 heterocycles. The number of halogens is 1. The highest BCUT2D eigenvalue weighted by Gasteiger charge is 2.08. The molecule has 2 rings (SSSR count). The van der Waals surface area contributed by atoms with Crippen molar-refractivity contribution in [3.8, 4) is 0 Å². The fourth-order valence-electron chi connectivity index (χ4n) is 2.44. The van der Waals surface area contributed by atoms with Crippen LogP contribution in [0.25, 0.3) is 0 Å². The standard InChI is InChI=1S/C19H22ClNO/c1-2-21(15-16-7-4-3-5-8-16)12-11-19(22)14-17-9-6-10-18(20)13-17/h3-10,13H,2,11-12,14-15H2,1H3. The molecule has 0 aliphatic heterocycles. The zero-order valence-corrected chi connectivity index (χ0v) is 13.7. The van der Waals surface area contributed by atoms with Gasteiger partial charge in [0.1, 0.15) is 5.78 Å². The third-order valence-corrected chi connectivity index (χ3v) is 3.93. The van der Waals surface area contributed by atoms with E-state index in [1.165, 1.54) is 5.56 Å². The normalized spacial score (nSPS) is 10.9. The van der Waals surface area contributed by atoms with Crippen molar-refractivity contribution >= 4 is 17.4 Å². The summed E-state index contributed by atoms with van der Waals surface area (Å²) >= 11 is 5.95. The largest absolute Gasteiger partial charge is 0.299 e. The van der Waals surface area contributed by atoms with E-state index < -0.39 is 0 Å². The first-order chi connectivity index (χ1) is 10.7. The molecule has 0 radical (unpaired) electrons. The summed E-state index contributed by atoms with van der Waals surface area (Å²) in [5, 5.41) is 0.685. The summed E-state index contributed by atoms with van der Waals surface area (Å²) in [4.78, 5) is 14.4. The summed E-state index contributed by atoms with van der Waals surface area (Å²) in [6.07, 6.45) is 1.04. The summed E-state index contributed by atoms with van der Waals surface area (Å²) in [6.45, 7) is 4.76. The van der Waals surface area contributed by atoms with Crippen molar-refractivity contribution in [2.45, 2.75) is 26.3 Å². The van der Waals surface area contributed by atoms with Gasteiger partial charge in [0.2, 0.25) is 0 Å². The molecular weight excluding hydrogens is 294 g/mol. The number of ketones is 1. The van der Waals surface area contributed by atoms with Crippen LogP contribution in [0.3, 0.4) is 0 Å². The molecule has 0 aliphatic carbocycles. The van der Waals surface area contributed by atoms with Crippen molar-refractivity contribution in [3.05, 3.63) is 70.7 Å². The minimum atomic E-state index is 0.258. The highest BCUT2D eigenvalue weighted by molar-refractivity contribution is 6.30. The molecule has 116 valence electrons. The van der Waals surface area contributed by atoms with Gasteiger partial charge in [0.05, 0.1) is 0 Å². The van der Waals surface area contributed by atoms with E-state index >= 15 is 0 Å². The topological polar surface area (TPSA) is 20.3 Å². The average molecular weight is 316 g/mol. The first-order valence-corrected chi connectivity index (χ1v) is 8.07. The highest BCUT2D eigenvalue weighted by atomic mass is 35.5. The van der Waals surface area contributed by atoms with E-state index in [9.17, 15) is 4.79 Å². The molecule has 2 aromatic rings. The van der Waals surface area contributed by atoms with Crippen LogP contribution in [0.4, 0.5) is 0 Å². The number of nitrogens with zero attached hydrogens (tertiary/aromatic N) is 1. The molecule has 3 heteroatoms. The van der Waals surface area contributed by atoms with Gasteiger partial charge in [-0.3, -0.25) is 9.69 Å². The number of carbonyl (C=O) groups is 1. The zero-order valence-electron chi connectivity index (χ0n) is 13.0. The van der Waals surface area contributed by atoms with E-state index in [-0.39, 0.29) is 5.78 Å². The number of rotatable bonds is 8. The van der Waals surface area contributed by atoms with Crippen LogP contribution >= 0.6 is 11.6 Å². The first kappa shape index (κ1) is 16.7. The van der Waals surface area contributed by atoms with Gasteiger partial charge in [0.15, 0.2) is 0 Å². The van der Waals surface area contributed by atoms with Crippen molar-refractivity contribution in [2.75, 3.05) is 13.1 Å². The second-order valence-electron chi connectivity index (χ2n) is 5.45. The van der Waals surface area contributed by atoms with Crippen LogP contribution in [0.2, 0.25) is 5.02 Å². The van der Waals surface area contributed by atoms with Gasteiger partial charge in [0.25, 0.3) is 0 Å². The molecule has 2 nitrogen and oxygen atoms in total. The number of Topliss-reactive ketones (excluding diaryl/α,β-unsaturated/α-hetero) is 1. The van der Waals surface area contributed by atoms with Crippen molar-refractivity contribution < 1.29 is 4.79 Å².